The summed E-state index contributed by atoms with van der Waals surface area (Å²) in [5.74, 6) is 0. The summed E-state index contributed by atoms with van der Waals surface area (Å²) in [7, 11) is 0. The first-order chi connectivity index (χ1) is 7.36. The molecule has 2 aromatic heterocycles. The van der Waals surface area contributed by atoms with Crippen LogP contribution in [0.5, 0.6) is 0 Å². The van der Waals surface area contributed by atoms with Crippen LogP contribution in [0.25, 0.3) is 0 Å². The molecule has 1 N–H and O–H groups in total. The van der Waals surface area contributed by atoms with Gasteiger partial charge in [0.1, 0.15) is 5.01 Å². The number of aromatic nitrogens is 2. The summed E-state index contributed by atoms with van der Waals surface area (Å²) >= 11 is 3.40. The van der Waals surface area contributed by atoms with Crippen LogP contribution in [-0.4, -0.2) is 16.5 Å². The van der Waals surface area contributed by atoms with E-state index in [1.807, 2.05) is 23.2 Å². The molecule has 1 unspecified atom stereocenters. The maximum absolute atomic E-state index is 4.27. The lowest BCUT2D eigenvalue weighted by Crippen LogP contribution is -2.21. The number of nitrogens with zero attached hydrogens (tertiary/aromatic N) is 2. The predicted molar refractivity (Wildman–Crippen MR) is 64.3 cm³/mol. The minimum absolute atomic E-state index is 0.338. The Kier molecular flexibility index (Phi) is 3.82. The molecular formula is C10H13N3S2. The van der Waals surface area contributed by atoms with Gasteiger partial charge in [0.05, 0.1) is 11.0 Å². The van der Waals surface area contributed by atoms with Crippen molar-refractivity contribution < 1.29 is 0 Å². The van der Waals surface area contributed by atoms with Crippen LogP contribution in [0.2, 0.25) is 0 Å². The summed E-state index contributed by atoms with van der Waals surface area (Å²) in [4.78, 5) is 8.52. The average Bonchev–Trinajstić information content (AvgIpc) is 2.90. The van der Waals surface area contributed by atoms with Gasteiger partial charge in [0.2, 0.25) is 0 Å². The first kappa shape index (κ1) is 10.7. The van der Waals surface area contributed by atoms with Crippen molar-refractivity contribution in [2.45, 2.75) is 19.4 Å². The molecule has 0 aromatic carbocycles. The molecule has 0 fully saturated rings. The molecule has 0 spiro atoms. The Balaban J connectivity index is 1.74. The molecule has 80 valence electrons. The summed E-state index contributed by atoms with van der Waals surface area (Å²) in [6.45, 7) is 3.09. The van der Waals surface area contributed by atoms with E-state index in [-0.39, 0.29) is 0 Å². The van der Waals surface area contributed by atoms with Gasteiger partial charge < -0.3 is 5.32 Å². The van der Waals surface area contributed by atoms with Gasteiger partial charge in [0.25, 0.3) is 0 Å². The van der Waals surface area contributed by atoms with Crippen LogP contribution in [0.4, 0.5) is 0 Å². The van der Waals surface area contributed by atoms with E-state index in [1.54, 1.807) is 22.7 Å². The van der Waals surface area contributed by atoms with E-state index in [2.05, 4.69) is 22.2 Å². The van der Waals surface area contributed by atoms with Crippen molar-refractivity contribution >= 4 is 22.7 Å². The fourth-order valence-corrected chi connectivity index (χ4v) is 2.60. The van der Waals surface area contributed by atoms with Crippen molar-refractivity contribution in [3.8, 4) is 0 Å². The zero-order valence-corrected chi connectivity index (χ0v) is 10.1. The SMILES string of the molecule is CC(NCCc1nccs1)c1nccs1. The van der Waals surface area contributed by atoms with Crippen molar-refractivity contribution in [2.75, 3.05) is 6.54 Å². The third kappa shape index (κ3) is 3.09. The number of thiazole rings is 2. The Bertz CT molecular complexity index is 369. The summed E-state index contributed by atoms with van der Waals surface area (Å²) in [5, 5.41) is 9.80. The molecule has 5 heteroatoms. The van der Waals surface area contributed by atoms with Gasteiger partial charge in [-0.25, -0.2) is 9.97 Å². The van der Waals surface area contributed by atoms with Gasteiger partial charge in [-0.3, -0.25) is 0 Å². The van der Waals surface area contributed by atoms with Crippen molar-refractivity contribution in [3.63, 3.8) is 0 Å². The Morgan fingerprint density at radius 1 is 1.27 bits per heavy atom. The van der Waals surface area contributed by atoms with E-state index in [4.69, 9.17) is 0 Å². The highest BCUT2D eigenvalue weighted by atomic mass is 32.1. The molecule has 0 radical (unpaired) electrons. The summed E-state index contributed by atoms with van der Waals surface area (Å²) < 4.78 is 0. The highest BCUT2D eigenvalue weighted by molar-refractivity contribution is 7.09. The average molecular weight is 239 g/mol. The third-order valence-corrected chi connectivity index (χ3v) is 3.89. The van der Waals surface area contributed by atoms with Gasteiger partial charge in [0, 0.05) is 36.1 Å². The third-order valence-electron chi connectivity index (χ3n) is 2.09. The Hall–Kier alpha value is -0.780. The predicted octanol–water partition coefficient (Wildman–Crippen LogP) is 2.49. The number of hydrogen-bond acceptors (Lipinski definition) is 5. The summed E-state index contributed by atoms with van der Waals surface area (Å²) in [5.41, 5.74) is 0. The van der Waals surface area contributed by atoms with E-state index in [9.17, 15) is 0 Å². The second-order valence-electron chi connectivity index (χ2n) is 3.22. The van der Waals surface area contributed by atoms with Crippen LogP contribution in [0.3, 0.4) is 0 Å². The van der Waals surface area contributed by atoms with Crippen LogP contribution in [-0.2, 0) is 6.42 Å². The highest BCUT2D eigenvalue weighted by Gasteiger charge is 2.06. The first-order valence-corrected chi connectivity index (χ1v) is 6.63. The molecule has 0 saturated carbocycles. The lowest BCUT2D eigenvalue weighted by molar-refractivity contribution is 0.573. The smallest absolute Gasteiger partial charge is 0.109 e. The lowest BCUT2D eigenvalue weighted by Gasteiger charge is -2.09. The molecule has 3 nitrogen and oxygen atoms in total. The van der Waals surface area contributed by atoms with Crippen LogP contribution in [0, 0.1) is 0 Å². The molecule has 2 rings (SSSR count). The minimum Gasteiger partial charge on any atom is -0.308 e. The Morgan fingerprint density at radius 2 is 2.07 bits per heavy atom. The Morgan fingerprint density at radius 3 is 2.73 bits per heavy atom. The molecule has 0 saturated heterocycles. The van der Waals surface area contributed by atoms with Gasteiger partial charge >= 0.3 is 0 Å². The van der Waals surface area contributed by atoms with Gasteiger partial charge in [-0.05, 0) is 6.92 Å². The second-order valence-corrected chi connectivity index (χ2v) is 5.13. The molecule has 0 bridgehead atoms. The maximum atomic E-state index is 4.27. The van der Waals surface area contributed by atoms with E-state index < -0.39 is 0 Å². The lowest BCUT2D eigenvalue weighted by atomic mass is 10.3. The van der Waals surface area contributed by atoms with E-state index in [0.29, 0.717) is 6.04 Å². The standard InChI is InChI=1S/C10H13N3S2/c1-8(10-13-5-7-15-10)11-3-2-9-12-4-6-14-9/h4-8,11H,2-3H2,1H3. The minimum atomic E-state index is 0.338. The van der Waals surface area contributed by atoms with E-state index >= 15 is 0 Å². The van der Waals surface area contributed by atoms with Crippen LogP contribution in [0.15, 0.2) is 23.2 Å². The van der Waals surface area contributed by atoms with Crippen molar-refractivity contribution in [1.82, 2.24) is 15.3 Å². The highest BCUT2D eigenvalue weighted by Crippen LogP contribution is 2.14. The molecule has 0 aliphatic rings. The van der Waals surface area contributed by atoms with E-state index in [1.165, 1.54) is 5.01 Å². The Labute approximate surface area is 97.2 Å². The molecule has 1 atom stereocenters. The van der Waals surface area contributed by atoms with Crippen molar-refractivity contribution in [2.24, 2.45) is 0 Å². The van der Waals surface area contributed by atoms with Gasteiger partial charge in [-0.2, -0.15) is 0 Å². The monoisotopic (exact) mass is 239 g/mol. The van der Waals surface area contributed by atoms with E-state index in [0.717, 1.165) is 18.0 Å². The van der Waals surface area contributed by atoms with Crippen LogP contribution >= 0.6 is 22.7 Å². The summed E-state index contributed by atoms with van der Waals surface area (Å²) in [6, 6.07) is 0.338. The molecular weight excluding hydrogens is 226 g/mol. The summed E-state index contributed by atoms with van der Waals surface area (Å²) in [6.07, 6.45) is 4.69. The van der Waals surface area contributed by atoms with Gasteiger partial charge in [0.15, 0.2) is 0 Å². The maximum Gasteiger partial charge on any atom is 0.109 e. The topological polar surface area (TPSA) is 37.8 Å². The fraction of sp³-hybridized carbons (Fsp3) is 0.400. The number of rotatable bonds is 5. The quantitative estimate of drug-likeness (QED) is 0.871. The molecule has 0 amide bonds. The second kappa shape index (κ2) is 5.34. The zero-order chi connectivity index (χ0) is 10.5. The van der Waals surface area contributed by atoms with Crippen molar-refractivity contribution in [3.05, 3.63) is 33.2 Å². The molecule has 0 aliphatic heterocycles. The number of nitrogens with one attached hydrogen (secondary N) is 1. The van der Waals surface area contributed by atoms with Gasteiger partial charge in [-0.1, -0.05) is 0 Å². The molecule has 2 heterocycles. The molecule has 15 heavy (non-hydrogen) atoms. The van der Waals surface area contributed by atoms with Crippen LogP contribution in [0.1, 0.15) is 23.0 Å². The molecule has 0 aliphatic carbocycles. The number of hydrogen-bond donors (Lipinski definition) is 1. The first-order valence-electron chi connectivity index (χ1n) is 4.87. The molecule has 2 aromatic rings. The van der Waals surface area contributed by atoms with Crippen LogP contribution < -0.4 is 5.32 Å². The fourth-order valence-electron chi connectivity index (χ4n) is 1.31. The zero-order valence-electron chi connectivity index (χ0n) is 8.51. The largest absolute Gasteiger partial charge is 0.308 e. The normalized spacial score (nSPS) is 12.9. The van der Waals surface area contributed by atoms with Gasteiger partial charge in [-0.15, -0.1) is 22.7 Å². The van der Waals surface area contributed by atoms with Crippen molar-refractivity contribution in [1.29, 1.82) is 0 Å².